The van der Waals surface area contributed by atoms with E-state index in [1.807, 2.05) is 0 Å². The second-order valence-corrected chi connectivity index (χ2v) is 6.49. The minimum absolute atomic E-state index is 0.00619. The van der Waals surface area contributed by atoms with Crippen LogP contribution in [0.2, 0.25) is 4.34 Å². The number of carbonyl (C=O) groups excluding carboxylic acids is 2. The number of aryl methyl sites for hydroxylation is 1. The smallest absolute Gasteiger partial charge is 0.375 e. The van der Waals surface area contributed by atoms with Crippen LogP contribution in [0, 0.1) is 12.7 Å². The molecule has 0 spiro atoms. The molecule has 0 N–H and O–H groups in total. The quantitative estimate of drug-likeness (QED) is 0.507. The molecule has 0 aliphatic rings. The molecule has 0 radical (unpaired) electrons. The molecule has 0 saturated carbocycles. The average Bonchev–Trinajstić information content (AvgIpc) is 3.10. The van der Waals surface area contributed by atoms with Crippen molar-refractivity contribution in [3.8, 4) is 0 Å². The topological polar surface area (TPSA) is 56.5 Å². The highest BCUT2D eigenvalue weighted by Gasteiger charge is 2.22. The van der Waals surface area contributed by atoms with Crippen molar-refractivity contribution in [2.24, 2.45) is 0 Å². The minimum Gasteiger partial charge on any atom is -0.451 e. The maximum absolute atomic E-state index is 13.7. The molecule has 2 aromatic heterocycles. The van der Waals surface area contributed by atoms with Crippen LogP contribution in [0.4, 0.5) is 4.39 Å². The molecule has 3 aromatic rings. The van der Waals surface area contributed by atoms with Gasteiger partial charge in [0, 0.05) is 10.9 Å². The van der Waals surface area contributed by atoms with Crippen LogP contribution < -0.4 is 0 Å². The highest BCUT2D eigenvalue weighted by molar-refractivity contribution is 7.18. The number of ketones is 1. The van der Waals surface area contributed by atoms with Crippen LogP contribution in [0.1, 0.15) is 25.8 Å². The van der Waals surface area contributed by atoms with Gasteiger partial charge in [0.1, 0.15) is 0 Å². The highest BCUT2D eigenvalue weighted by atomic mass is 35.5. The fourth-order valence-corrected chi connectivity index (χ4v) is 3.10. The number of ether oxygens (including phenoxy) is 1. The Bertz CT molecular complexity index is 912. The van der Waals surface area contributed by atoms with Crippen molar-refractivity contribution in [1.82, 2.24) is 0 Å². The third-order valence-corrected chi connectivity index (χ3v) is 4.56. The van der Waals surface area contributed by atoms with E-state index < -0.39 is 18.4 Å². The van der Waals surface area contributed by atoms with E-state index in [-0.39, 0.29) is 17.1 Å². The first kappa shape index (κ1) is 15.7. The van der Waals surface area contributed by atoms with Gasteiger partial charge in [-0.15, -0.1) is 11.3 Å². The summed E-state index contributed by atoms with van der Waals surface area (Å²) in [4.78, 5) is 24.4. The molecule has 23 heavy (non-hydrogen) atoms. The number of furan rings is 1. The Kier molecular flexibility index (Phi) is 4.19. The van der Waals surface area contributed by atoms with Gasteiger partial charge in [0.2, 0.25) is 11.5 Å². The number of thiophene rings is 1. The van der Waals surface area contributed by atoms with Gasteiger partial charge in [-0.25, -0.2) is 9.18 Å². The Hall–Kier alpha value is -2.18. The second-order valence-electron chi connectivity index (χ2n) is 4.78. The van der Waals surface area contributed by atoms with Crippen LogP contribution in [0.25, 0.3) is 11.0 Å². The minimum atomic E-state index is -0.811. The number of para-hydroxylation sites is 1. The van der Waals surface area contributed by atoms with Crippen molar-refractivity contribution in [3.63, 3.8) is 0 Å². The van der Waals surface area contributed by atoms with Gasteiger partial charge in [0.05, 0.1) is 9.21 Å². The molecule has 0 unspecified atom stereocenters. The predicted molar refractivity (Wildman–Crippen MR) is 84.9 cm³/mol. The molecule has 0 saturated heterocycles. The van der Waals surface area contributed by atoms with Gasteiger partial charge in [0.15, 0.2) is 18.0 Å². The monoisotopic (exact) mass is 352 g/mol. The van der Waals surface area contributed by atoms with Gasteiger partial charge < -0.3 is 9.15 Å². The first-order valence-corrected chi connectivity index (χ1v) is 7.80. The van der Waals surface area contributed by atoms with E-state index in [4.69, 9.17) is 20.8 Å². The Balaban J connectivity index is 1.77. The van der Waals surface area contributed by atoms with Gasteiger partial charge in [-0.3, -0.25) is 4.79 Å². The standard InChI is InChI=1S/C16H10ClFO4S/c1-8-9-3-2-4-10(18)15(9)22-14(8)16(20)21-7-11(19)12-5-6-13(17)23-12/h2-6H,7H2,1H3. The zero-order chi connectivity index (χ0) is 16.6. The number of Topliss-reactive ketones (excluding diaryl/α,β-unsaturated/α-hetero) is 1. The molecule has 7 heteroatoms. The predicted octanol–water partition coefficient (Wildman–Crippen LogP) is 4.63. The van der Waals surface area contributed by atoms with E-state index in [0.29, 0.717) is 20.2 Å². The van der Waals surface area contributed by atoms with Crippen LogP contribution in [0.5, 0.6) is 0 Å². The zero-order valence-corrected chi connectivity index (χ0v) is 13.5. The van der Waals surface area contributed by atoms with E-state index >= 15 is 0 Å². The molecule has 3 rings (SSSR count). The van der Waals surface area contributed by atoms with Crippen molar-refractivity contribution < 1.29 is 23.1 Å². The van der Waals surface area contributed by atoms with Gasteiger partial charge in [-0.2, -0.15) is 0 Å². The molecule has 0 atom stereocenters. The third kappa shape index (κ3) is 3.00. The summed E-state index contributed by atoms with van der Waals surface area (Å²) in [5, 5.41) is 0.494. The number of carbonyl (C=O) groups is 2. The molecular weight excluding hydrogens is 343 g/mol. The summed E-state index contributed by atoms with van der Waals surface area (Å²) in [5.74, 6) is -1.85. The number of benzene rings is 1. The molecule has 0 bridgehead atoms. The van der Waals surface area contributed by atoms with E-state index in [1.54, 1.807) is 25.1 Å². The number of hydrogen-bond donors (Lipinski definition) is 0. The summed E-state index contributed by atoms with van der Waals surface area (Å²) in [6.07, 6.45) is 0. The first-order chi connectivity index (χ1) is 11.0. The molecule has 0 amide bonds. The van der Waals surface area contributed by atoms with Crippen molar-refractivity contribution >= 4 is 45.7 Å². The first-order valence-electron chi connectivity index (χ1n) is 6.60. The summed E-state index contributed by atoms with van der Waals surface area (Å²) in [6, 6.07) is 7.56. The summed E-state index contributed by atoms with van der Waals surface area (Å²) >= 11 is 6.86. The van der Waals surface area contributed by atoms with Gasteiger partial charge in [0.25, 0.3) is 0 Å². The molecular formula is C16H10ClFO4S. The van der Waals surface area contributed by atoms with Crippen molar-refractivity contribution in [3.05, 3.63) is 56.7 Å². The largest absolute Gasteiger partial charge is 0.451 e. The summed E-state index contributed by atoms with van der Waals surface area (Å²) in [5.41, 5.74) is 0.462. The lowest BCUT2D eigenvalue weighted by Gasteiger charge is -2.01. The van der Waals surface area contributed by atoms with Crippen LogP contribution in [-0.2, 0) is 4.74 Å². The fraction of sp³-hybridized carbons (Fsp3) is 0.125. The average molecular weight is 353 g/mol. The lowest BCUT2D eigenvalue weighted by Crippen LogP contribution is -2.13. The zero-order valence-electron chi connectivity index (χ0n) is 11.9. The number of esters is 1. The van der Waals surface area contributed by atoms with Crippen LogP contribution in [0.3, 0.4) is 0 Å². The van der Waals surface area contributed by atoms with Gasteiger partial charge >= 0.3 is 5.97 Å². The third-order valence-electron chi connectivity index (χ3n) is 3.28. The second kappa shape index (κ2) is 6.14. The van der Waals surface area contributed by atoms with E-state index in [1.165, 1.54) is 12.1 Å². The highest BCUT2D eigenvalue weighted by Crippen LogP contribution is 2.28. The molecule has 2 heterocycles. The Morgan fingerprint density at radius 3 is 2.74 bits per heavy atom. The lowest BCUT2D eigenvalue weighted by atomic mass is 10.1. The molecule has 0 aliphatic heterocycles. The normalized spacial score (nSPS) is 10.9. The van der Waals surface area contributed by atoms with Crippen molar-refractivity contribution in [2.45, 2.75) is 6.92 Å². The van der Waals surface area contributed by atoms with Gasteiger partial charge in [-0.05, 0) is 25.1 Å². The molecule has 0 aliphatic carbocycles. The maximum Gasteiger partial charge on any atom is 0.375 e. The van der Waals surface area contributed by atoms with Crippen LogP contribution in [-0.4, -0.2) is 18.4 Å². The Morgan fingerprint density at radius 1 is 1.30 bits per heavy atom. The van der Waals surface area contributed by atoms with E-state index in [2.05, 4.69) is 0 Å². The van der Waals surface area contributed by atoms with Crippen LogP contribution in [0.15, 0.2) is 34.7 Å². The molecule has 0 fully saturated rings. The lowest BCUT2D eigenvalue weighted by molar-refractivity contribution is 0.0446. The van der Waals surface area contributed by atoms with Crippen LogP contribution >= 0.6 is 22.9 Å². The molecule has 4 nitrogen and oxygen atoms in total. The van der Waals surface area contributed by atoms with Gasteiger partial charge in [-0.1, -0.05) is 23.7 Å². The Labute approximate surface area is 139 Å². The number of rotatable bonds is 4. The fourth-order valence-electron chi connectivity index (χ4n) is 2.14. The summed E-state index contributed by atoms with van der Waals surface area (Å²) in [6.45, 7) is 1.19. The number of fused-ring (bicyclic) bond motifs is 1. The molecule has 118 valence electrons. The summed E-state index contributed by atoms with van der Waals surface area (Å²) in [7, 11) is 0. The number of halogens is 2. The number of hydrogen-bond acceptors (Lipinski definition) is 5. The van der Waals surface area contributed by atoms with Crippen molar-refractivity contribution in [1.29, 1.82) is 0 Å². The molecule has 1 aromatic carbocycles. The van der Waals surface area contributed by atoms with E-state index in [0.717, 1.165) is 11.3 Å². The Morgan fingerprint density at radius 2 is 2.09 bits per heavy atom. The van der Waals surface area contributed by atoms with Crippen molar-refractivity contribution in [2.75, 3.05) is 6.61 Å². The van der Waals surface area contributed by atoms with E-state index in [9.17, 15) is 14.0 Å². The SMILES string of the molecule is Cc1c(C(=O)OCC(=O)c2ccc(Cl)s2)oc2c(F)cccc12. The summed E-state index contributed by atoms with van der Waals surface area (Å²) < 4.78 is 24.4. The maximum atomic E-state index is 13.7.